The Balaban J connectivity index is 3.60. The lowest BCUT2D eigenvalue weighted by Gasteiger charge is -2.13. The van der Waals surface area contributed by atoms with Crippen molar-refractivity contribution >= 4 is 0 Å². The van der Waals surface area contributed by atoms with Crippen molar-refractivity contribution in [3.8, 4) is 0 Å². The van der Waals surface area contributed by atoms with Crippen LogP contribution in [0.3, 0.4) is 0 Å². The number of rotatable bonds is 7. The van der Waals surface area contributed by atoms with Crippen LogP contribution in [0.4, 0.5) is 0 Å². The molecule has 78 valence electrons. The van der Waals surface area contributed by atoms with E-state index in [1.165, 1.54) is 19.3 Å². The molecule has 4 N–H and O–H groups in total. The Kier molecular flexibility index (Phi) is 7.50. The lowest BCUT2D eigenvalue weighted by Crippen LogP contribution is -2.27. The van der Waals surface area contributed by atoms with E-state index in [-0.39, 0.29) is 0 Å². The maximum absolute atomic E-state index is 5.79. The summed E-state index contributed by atoms with van der Waals surface area (Å²) in [6.45, 7) is 5.15. The Labute approximate surface area is 81.7 Å². The summed E-state index contributed by atoms with van der Waals surface area (Å²) >= 11 is 0. The SMILES string of the molecule is CCCCC/C(N)=C/N(N)CCC. The summed E-state index contributed by atoms with van der Waals surface area (Å²) in [6.07, 6.45) is 7.50. The van der Waals surface area contributed by atoms with Crippen molar-refractivity contribution in [3.63, 3.8) is 0 Å². The van der Waals surface area contributed by atoms with Gasteiger partial charge in [-0.3, -0.25) is 0 Å². The van der Waals surface area contributed by atoms with Gasteiger partial charge >= 0.3 is 0 Å². The molecule has 0 saturated heterocycles. The highest BCUT2D eigenvalue weighted by Gasteiger charge is 1.94. The van der Waals surface area contributed by atoms with Crippen molar-refractivity contribution in [3.05, 3.63) is 11.9 Å². The first-order chi connectivity index (χ1) is 6.20. The maximum Gasteiger partial charge on any atom is 0.0342 e. The van der Waals surface area contributed by atoms with Crippen LogP contribution in [-0.4, -0.2) is 11.6 Å². The topological polar surface area (TPSA) is 55.3 Å². The zero-order valence-corrected chi connectivity index (χ0v) is 8.92. The summed E-state index contributed by atoms with van der Waals surface area (Å²) < 4.78 is 0. The summed E-state index contributed by atoms with van der Waals surface area (Å²) in [4.78, 5) is 0. The lowest BCUT2D eigenvalue weighted by atomic mass is 10.2. The molecule has 0 aromatic heterocycles. The fraction of sp³-hybridized carbons (Fsp3) is 0.800. The number of nitrogens with zero attached hydrogens (tertiary/aromatic N) is 1. The number of hydrogen-bond acceptors (Lipinski definition) is 3. The lowest BCUT2D eigenvalue weighted by molar-refractivity contribution is 0.388. The van der Waals surface area contributed by atoms with Crippen LogP contribution in [0.5, 0.6) is 0 Å². The highest BCUT2D eigenvalue weighted by atomic mass is 15.4. The van der Waals surface area contributed by atoms with E-state index in [1.807, 2.05) is 6.20 Å². The molecule has 0 aliphatic carbocycles. The van der Waals surface area contributed by atoms with Gasteiger partial charge in [-0.25, -0.2) is 5.84 Å². The van der Waals surface area contributed by atoms with Crippen molar-refractivity contribution < 1.29 is 0 Å². The Morgan fingerprint density at radius 3 is 2.46 bits per heavy atom. The normalized spacial score (nSPS) is 11.8. The number of unbranched alkanes of at least 4 members (excludes halogenated alkanes) is 2. The minimum absolute atomic E-state index is 0.870. The highest BCUT2D eigenvalue weighted by molar-refractivity contribution is 4.94. The van der Waals surface area contributed by atoms with Crippen molar-refractivity contribution in [1.82, 2.24) is 5.01 Å². The molecule has 0 spiro atoms. The third kappa shape index (κ3) is 7.65. The Morgan fingerprint density at radius 2 is 1.92 bits per heavy atom. The third-order valence-corrected chi connectivity index (χ3v) is 1.88. The van der Waals surface area contributed by atoms with Crippen LogP contribution in [-0.2, 0) is 0 Å². The molecule has 0 rings (SSSR count). The molecule has 0 unspecified atom stereocenters. The van der Waals surface area contributed by atoms with Gasteiger partial charge in [0.1, 0.15) is 0 Å². The molecule has 0 saturated carbocycles. The van der Waals surface area contributed by atoms with Crippen molar-refractivity contribution in [2.24, 2.45) is 11.6 Å². The molecule has 0 fully saturated rings. The van der Waals surface area contributed by atoms with Crippen LogP contribution in [0.2, 0.25) is 0 Å². The molecule has 0 aromatic carbocycles. The van der Waals surface area contributed by atoms with Gasteiger partial charge in [0.25, 0.3) is 0 Å². The van der Waals surface area contributed by atoms with E-state index in [0.29, 0.717) is 0 Å². The fourth-order valence-electron chi connectivity index (χ4n) is 1.18. The van der Waals surface area contributed by atoms with E-state index in [4.69, 9.17) is 11.6 Å². The van der Waals surface area contributed by atoms with E-state index in [1.54, 1.807) is 5.01 Å². The molecule has 0 atom stereocenters. The standard InChI is InChI=1S/C10H23N3/c1-3-5-6-7-10(11)9-13(12)8-4-2/h9H,3-8,11-12H2,1-2H3/b10-9-. The van der Waals surface area contributed by atoms with E-state index in [9.17, 15) is 0 Å². The summed E-state index contributed by atoms with van der Waals surface area (Å²) in [5.41, 5.74) is 6.68. The van der Waals surface area contributed by atoms with Gasteiger partial charge in [-0.1, -0.05) is 26.7 Å². The van der Waals surface area contributed by atoms with E-state index in [2.05, 4.69) is 13.8 Å². The molecule has 0 aliphatic rings. The third-order valence-electron chi connectivity index (χ3n) is 1.88. The van der Waals surface area contributed by atoms with Crippen LogP contribution < -0.4 is 11.6 Å². The molecule has 0 amide bonds. The van der Waals surface area contributed by atoms with Crippen molar-refractivity contribution in [1.29, 1.82) is 0 Å². The Hall–Kier alpha value is -0.700. The summed E-state index contributed by atoms with van der Waals surface area (Å²) in [5.74, 6) is 5.67. The summed E-state index contributed by atoms with van der Waals surface area (Å²) in [6, 6.07) is 0. The quantitative estimate of drug-likeness (QED) is 0.362. The molecular weight excluding hydrogens is 162 g/mol. The largest absolute Gasteiger partial charge is 0.401 e. The summed E-state index contributed by atoms with van der Waals surface area (Å²) in [7, 11) is 0. The summed E-state index contributed by atoms with van der Waals surface area (Å²) in [5, 5.41) is 1.67. The van der Waals surface area contributed by atoms with Gasteiger partial charge in [-0.15, -0.1) is 0 Å². The van der Waals surface area contributed by atoms with Gasteiger partial charge < -0.3 is 10.7 Å². The average molecular weight is 185 g/mol. The zero-order chi connectivity index (χ0) is 10.1. The minimum atomic E-state index is 0.870. The van der Waals surface area contributed by atoms with Gasteiger partial charge in [0.15, 0.2) is 0 Å². The first-order valence-corrected chi connectivity index (χ1v) is 5.18. The van der Waals surface area contributed by atoms with Crippen LogP contribution in [0, 0.1) is 0 Å². The number of nitrogens with two attached hydrogens (primary N) is 2. The molecule has 3 heteroatoms. The first-order valence-electron chi connectivity index (χ1n) is 5.18. The van der Waals surface area contributed by atoms with Crippen LogP contribution in [0.25, 0.3) is 0 Å². The molecule has 13 heavy (non-hydrogen) atoms. The molecule has 0 bridgehead atoms. The number of allylic oxidation sites excluding steroid dienone is 1. The van der Waals surface area contributed by atoms with Crippen LogP contribution >= 0.6 is 0 Å². The monoisotopic (exact) mass is 185 g/mol. The average Bonchev–Trinajstić information content (AvgIpc) is 2.05. The second-order valence-electron chi connectivity index (χ2n) is 3.40. The van der Waals surface area contributed by atoms with Gasteiger partial charge in [-0.2, -0.15) is 0 Å². The number of hydrogen-bond donors (Lipinski definition) is 2. The first kappa shape index (κ1) is 12.3. The second kappa shape index (κ2) is 7.92. The fourth-order valence-corrected chi connectivity index (χ4v) is 1.18. The Bertz CT molecular complexity index is 143. The molecule has 0 heterocycles. The van der Waals surface area contributed by atoms with Crippen LogP contribution in [0.1, 0.15) is 46.0 Å². The Morgan fingerprint density at radius 1 is 1.23 bits per heavy atom. The molecule has 0 radical (unpaired) electrons. The predicted octanol–water partition coefficient (Wildman–Crippen LogP) is 1.95. The highest BCUT2D eigenvalue weighted by Crippen LogP contribution is 2.04. The predicted molar refractivity (Wildman–Crippen MR) is 57.6 cm³/mol. The van der Waals surface area contributed by atoms with E-state index in [0.717, 1.165) is 25.1 Å². The zero-order valence-electron chi connectivity index (χ0n) is 8.92. The van der Waals surface area contributed by atoms with Gasteiger partial charge in [0.05, 0.1) is 0 Å². The van der Waals surface area contributed by atoms with Crippen LogP contribution in [0.15, 0.2) is 11.9 Å². The second-order valence-corrected chi connectivity index (χ2v) is 3.40. The van der Waals surface area contributed by atoms with Crippen molar-refractivity contribution in [2.75, 3.05) is 6.54 Å². The van der Waals surface area contributed by atoms with E-state index < -0.39 is 0 Å². The molecule has 0 aliphatic heterocycles. The van der Waals surface area contributed by atoms with Gasteiger partial charge in [0.2, 0.25) is 0 Å². The molecular formula is C10H23N3. The molecule has 3 nitrogen and oxygen atoms in total. The van der Waals surface area contributed by atoms with Gasteiger partial charge in [0, 0.05) is 18.4 Å². The van der Waals surface area contributed by atoms with Crippen molar-refractivity contribution in [2.45, 2.75) is 46.0 Å². The maximum atomic E-state index is 5.79. The molecule has 0 aromatic rings. The minimum Gasteiger partial charge on any atom is -0.401 e. The number of hydrazine groups is 1. The van der Waals surface area contributed by atoms with Gasteiger partial charge in [-0.05, 0) is 19.3 Å². The smallest absolute Gasteiger partial charge is 0.0342 e. The van der Waals surface area contributed by atoms with E-state index >= 15 is 0 Å².